The second-order valence-corrected chi connectivity index (χ2v) is 6.10. The molecule has 0 N–H and O–H groups in total. The minimum absolute atomic E-state index is 0.123. The van der Waals surface area contributed by atoms with Gasteiger partial charge in [-0.15, -0.1) is 0 Å². The van der Waals surface area contributed by atoms with Crippen LogP contribution < -0.4 is 0 Å². The number of para-hydroxylation sites is 1. The van der Waals surface area contributed by atoms with Crippen LogP contribution in [0.25, 0.3) is 0 Å². The van der Waals surface area contributed by atoms with Gasteiger partial charge in [0.1, 0.15) is 0 Å². The molecule has 0 saturated carbocycles. The molecule has 2 rings (SSSR count). The third-order valence-electron chi connectivity index (χ3n) is 2.75. The van der Waals surface area contributed by atoms with Crippen molar-refractivity contribution in [2.45, 2.75) is 25.5 Å². The van der Waals surface area contributed by atoms with Gasteiger partial charge in [-0.25, -0.2) is 0 Å². The largest absolute Gasteiger partial charge is 0.397 e. The van der Waals surface area contributed by atoms with Crippen molar-refractivity contribution in [2.24, 2.45) is 0 Å². The predicted octanol–water partition coefficient (Wildman–Crippen LogP) is 2.14. The zero-order valence-electron chi connectivity index (χ0n) is 9.50. The van der Waals surface area contributed by atoms with E-state index in [2.05, 4.69) is 0 Å². The summed E-state index contributed by atoms with van der Waals surface area (Å²) in [6.07, 6.45) is 2.24. The standard InChI is InChI=1S/C11H15NO4Si/c13-12(14)11-6-2-1-5-10(11)9-16-17-8-4-3-7-15-17/h1-2,5-6,17H,3-4,7-9H2. The fraction of sp³-hybridized carbons (Fsp3) is 0.455. The van der Waals surface area contributed by atoms with Crippen LogP contribution in [0.2, 0.25) is 6.04 Å². The summed E-state index contributed by atoms with van der Waals surface area (Å²) in [4.78, 5) is 10.4. The Labute approximate surface area is 101 Å². The number of nitrogens with zero attached hydrogens (tertiary/aromatic N) is 1. The van der Waals surface area contributed by atoms with E-state index in [1.54, 1.807) is 18.2 Å². The fourth-order valence-corrected chi connectivity index (χ4v) is 3.68. The van der Waals surface area contributed by atoms with E-state index < -0.39 is 9.28 Å². The molecule has 0 spiro atoms. The van der Waals surface area contributed by atoms with Crippen LogP contribution >= 0.6 is 0 Å². The van der Waals surface area contributed by atoms with Gasteiger partial charge >= 0.3 is 9.28 Å². The van der Waals surface area contributed by atoms with Crippen molar-refractivity contribution in [1.82, 2.24) is 0 Å². The van der Waals surface area contributed by atoms with E-state index in [0.717, 1.165) is 25.5 Å². The van der Waals surface area contributed by atoms with Crippen LogP contribution in [-0.2, 0) is 15.5 Å². The molecule has 1 aromatic carbocycles. The van der Waals surface area contributed by atoms with Crippen molar-refractivity contribution in [3.8, 4) is 0 Å². The van der Waals surface area contributed by atoms with Crippen LogP contribution in [0.3, 0.4) is 0 Å². The third-order valence-corrected chi connectivity index (χ3v) is 4.78. The van der Waals surface area contributed by atoms with E-state index in [0.29, 0.717) is 5.56 Å². The average molecular weight is 253 g/mol. The number of hydrogen-bond acceptors (Lipinski definition) is 4. The summed E-state index contributed by atoms with van der Waals surface area (Å²) in [5, 5.41) is 10.8. The molecular weight excluding hydrogens is 238 g/mol. The molecule has 1 fully saturated rings. The van der Waals surface area contributed by atoms with Crippen molar-refractivity contribution in [3.63, 3.8) is 0 Å². The molecule has 1 heterocycles. The van der Waals surface area contributed by atoms with E-state index >= 15 is 0 Å². The Balaban J connectivity index is 1.96. The average Bonchev–Trinajstić information content (AvgIpc) is 2.38. The van der Waals surface area contributed by atoms with Gasteiger partial charge in [-0.3, -0.25) is 10.1 Å². The lowest BCUT2D eigenvalue weighted by Gasteiger charge is -2.20. The smallest absolute Gasteiger partial charge is 0.321 e. The summed E-state index contributed by atoms with van der Waals surface area (Å²) < 4.78 is 11.2. The van der Waals surface area contributed by atoms with Crippen LogP contribution in [0.1, 0.15) is 18.4 Å². The molecule has 1 unspecified atom stereocenters. The summed E-state index contributed by atoms with van der Waals surface area (Å²) in [6.45, 7) is 1.06. The summed E-state index contributed by atoms with van der Waals surface area (Å²) in [6, 6.07) is 7.68. The van der Waals surface area contributed by atoms with Crippen LogP contribution in [0.5, 0.6) is 0 Å². The summed E-state index contributed by atoms with van der Waals surface area (Å²) in [5.74, 6) is 0. The second-order valence-electron chi connectivity index (χ2n) is 3.99. The first kappa shape index (κ1) is 12.2. The van der Waals surface area contributed by atoms with Crippen LogP contribution in [0.15, 0.2) is 24.3 Å². The number of rotatable bonds is 4. The topological polar surface area (TPSA) is 61.6 Å². The number of nitro groups is 1. The molecule has 1 aliphatic heterocycles. The lowest BCUT2D eigenvalue weighted by molar-refractivity contribution is -0.385. The minimum Gasteiger partial charge on any atom is -0.397 e. The van der Waals surface area contributed by atoms with Gasteiger partial charge in [-0.1, -0.05) is 12.1 Å². The maximum Gasteiger partial charge on any atom is 0.321 e. The number of benzene rings is 1. The molecule has 0 bridgehead atoms. The Morgan fingerprint density at radius 1 is 1.41 bits per heavy atom. The first-order chi connectivity index (χ1) is 8.27. The van der Waals surface area contributed by atoms with Gasteiger partial charge in [0.2, 0.25) is 0 Å². The monoisotopic (exact) mass is 253 g/mol. The Bertz CT molecular complexity index is 393. The Hall–Kier alpha value is -1.24. The van der Waals surface area contributed by atoms with Gasteiger partial charge in [-0.05, 0) is 25.0 Å². The molecule has 0 radical (unpaired) electrons. The Kier molecular flexibility index (Phi) is 4.24. The molecule has 1 aromatic rings. The van der Waals surface area contributed by atoms with Crippen molar-refractivity contribution in [1.29, 1.82) is 0 Å². The highest BCUT2D eigenvalue weighted by Gasteiger charge is 2.19. The fourth-order valence-electron chi connectivity index (χ4n) is 1.84. The van der Waals surface area contributed by atoms with Gasteiger partial charge in [0.25, 0.3) is 5.69 Å². The first-order valence-electron chi connectivity index (χ1n) is 5.73. The van der Waals surface area contributed by atoms with Gasteiger partial charge in [0.05, 0.1) is 17.1 Å². The van der Waals surface area contributed by atoms with Gasteiger partial charge < -0.3 is 8.85 Å². The summed E-state index contributed by atoms with van der Waals surface area (Å²) in [7, 11) is -1.57. The van der Waals surface area contributed by atoms with Gasteiger partial charge in [0, 0.05) is 12.7 Å². The minimum atomic E-state index is -1.57. The lowest BCUT2D eigenvalue weighted by Crippen LogP contribution is -2.26. The highest BCUT2D eigenvalue weighted by Crippen LogP contribution is 2.20. The quantitative estimate of drug-likeness (QED) is 0.468. The van der Waals surface area contributed by atoms with Crippen LogP contribution in [-0.4, -0.2) is 20.8 Å². The van der Waals surface area contributed by atoms with Crippen molar-refractivity contribution < 1.29 is 13.8 Å². The molecule has 1 saturated heterocycles. The van der Waals surface area contributed by atoms with E-state index in [-0.39, 0.29) is 17.2 Å². The third kappa shape index (κ3) is 3.35. The van der Waals surface area contributed by atoms with Gasteiger partial charge in [-0.2, -0.15) is 0 Å². The lowest BCUT2D eigenvalue weighted by atomic mass is 10.2. The Morgan fingerprint density at radius 2 is 2.24 bits per heavy atom. The molecule has 6 heteroatoms. The molecule has 0 aromatic heterocycles. The van der Waals surface area contributed by atoms with E-state index in [4.69, 9.17) is 8.85 Å². The van der Waals surface area contributed by atoms with Crippen LogP contribution in [0, 0.1) is 10.1 Å². The zero-order valence-corrected chi connectivity index (χ0v) is 10.7. The van der Waals surface area contributed by atoms with E-state index in [9.17, 15) is 10.1 Å². The Morgan fingerprint density at radius 3 is 2.94 bits per heavy atom. The van der Waals surface area contributed by atoms with Crippen molar-refractivity contribution >= 4 is 15.0 Å². The SMILES string of the molecule is O=[N+]([O-])c1ccccc1CO[SiH]1CCCCO1. The number of nitro benzene ring substituents is 1. The molecule has 1 aliphatic rings. The molecule has 0 amide bonds. The highest BCUT2D eigenvalue weighted by atomic mass is 28.3. The summed E-state index contributed by atoms with van der Waals surface area (Å²) in [5.41, 5.74) is 0.747. The molecule has 17 heavy (non-hydrogen) atoms. The molecular formula is C11H15NO4Si. The van der Waals surface area contributed by atoms with Gasteiger partial charge in [0.15, 0.2) is 0 Å². The second kappa shape index (κ2) is 5.90. The highest BCUT2D eigenvalue weighted by molar-refractivity contribution is 6.44. The van der Waals surface area contributed by atoms with E-state index in [1.165, 1.54) is 6.07 Å². The zero-order chi connectivity index (χ0) is 12.1. The number of hydrogen-bond donors (Lipinski definition) is 0. The van der Waals surface area contributed by atoms with E-state index in [1.807, 2.05) is 0 Å². The maximum absolute atomic E-state index is 10.8. The maximum atomic E-state index is 10.8. The molecule has 92 valence electrons. The predicted molar refractivity (Wildman–Crippen MR) is 65.0 cm³/mol. The summed E-state index contributed by atoms with van der Waals surface area (Å²) >= 11 is 0. The van der Waals surface area contributed by atoms with Crippen molar-refractivity contribution in [2.75, 3.05) is 6.61 Å². The molecule has 1 atom stereocenters. The van der Waals surface area contributed by atoms with Crippen molar-refractivity contribution in [3.05, 3.63) is 39.9 Å². The van der Waals surface area contributed by atoms with Crippen LogP contribution in [0.4, 0.5) is 5.69 Å². The molecule has 5 nitrogen and oxygen atoms in total. The normalized spacial score (nSPS) is 20.1. The molecule has 0 aliphatic carbocycles. The first-order valence-corrected chi connectivity index (χ1v) is 7.49.